The molecule has 1 amide bonds. The zero-order valence-electron chi connectivity index (χ0n) is 10.9. The Morgan fingerprint density at radius 1 is 0.909 bits per heavy atom. The smallest absolute Gasteiger partial charge is 0.318 e. The predicted octanol–water partition coefficient (Wildman–Crippen LogP) is 5.37. The topological polar surface area (TPSA) is 53.8 Å². The maximum absolute atomic E-state index is 12.1. The number of benzene rings is 2. The Morgan fingerprint density at radius 3 is 1.82 bits per heavy atom. The van der Waals surface area contributed by atoms with E-state index in [1.807, 2.05) is 12.1 Å². The molecule has 0 saturated carbocycles. The standard InChI is InChI=1S/C14H9BrF3N3O/c15-9-1-3-11(4-2-9)20-21-12-7-5-10(6-8-12)19-13(22)14(16,17)18/h1-8H,(H,19,22). The highest BCUT2D eigenvalue weighted by atomic mass is 79.9. The van der Waals surface area contributed by atoms with Gasteiger partial charge in [-0.05, 0) is 48.5 Å². The van der Waals surface area contributed by atoms with Gasteiger partial charge in [-0.1, -0.05) is 15.9 Å². The fraction of sp³-hybridized carbons (Fsp3) is 0.0714. The van der Waals surface area contributed by atoms with Crippen LogP contribution in [-0.4, -0.2) is 12.1 Å². The summed E-state index contributed by atoms with van der Waals surface area (Å²) >= 11 is 3.30. The molecule has 0 aromatic heterocycles. The Labute approximate surface area is 132 Å². The molecule has 114 valence electrons. The second-order valence-electron chi connectivity index (χ2n) is 4.18. The molecule has 0 saturated heterocycles. The fourth-order valence-electron chi connectivity index (χ4n) is 1.44. The van der Waals surface area contributed by atoms with Crippen molar-refractivity contribution >= 4 is 38.9 Å². The van der Waals surface area contributed by atoms with E-state index in [0.717, 1.165) is 4.47 Å². The van der Waals surface area contributed by atoms with Crippen molar-refractivity contribution in [2.24, 2.45) is 10.2 Å². The van der Waals surface area contributed by atoms with E-state index < -0.39 is 12.1 Å². The van der Waals surface area contributed by atoms with E-state index in [0.29, 0.717) is 11.4 Å². The molecule has 4 nitrogen and oxygen atoms in total. The van der Waals surface area contributed by atoms with E-state index in [-0.39, 0.29) is 5.69 Å². The summed E-state index contributed by atoms with van der Waals surface area (Å²) in [5.41, 5.74) is 1.12. The Bertz CT molecular complexity index is 682. The van der Waals surface area contributed by atoms with Crippen molar-refractivity contribution < 1.29 is 18.0 Å². The molecular weight excluding hydrogens is 363 g/mol. The number of nitrogens with zero attached hydrogens (tertiary/aromatic N) is 2. The summed E-state index contributed by atoms with van der Waals surface area (Å²) in [7, 11) is 0. The molecule has 2 aromatic carbocycles. The van der Waals surface area contributed by atoms with Crippen LogP contribution >= 0.6 is 15.9 Å². The molecule has 0 unspecified atom stereocenters. The van der Waals surface area contributed by atoms with Crippen LogP contribution in [-0.2, 0) is 4.79 Å². The summed E-state index contributed by atoms with van der Waals surface area (Å²) in [5, 5.41) is 9.68. The lowest BCUT2D eigenvalue weighted by molar-refractivity contribution is -0.167. The van der Waals surface area contributed by atoms with Crippen molar-refractivity contribution in [1.82, 2.24) is 0 Å². The lowest BCUT2D eigenvalue weighted by Crippen LogP contribution is -2.29. The molecule has 2 rings (SSSR count). The average molecular weight is 372 g/mol. The zero-order chi connectivity index (χ0) is 16.2. The molecular formula is C14H9BrF3N3O. The van der Waals surface area contributed by atoms with E-state index >= 15 is 0 Å². The second kappa shape index (κ2) is 6.69. The Morgan fingerprint density at radius 2 is 1.36 bits per heavy atom. The minimum atomic E-state index is -4.92. The van der Waals surface area contributed by atoms with Gasteiger partial charge >= 0.3 is 12.1 Å². The normalized spacial score (nSPS) is 11.6. The molecule has 0 aliphatic rings. The molecule has 2 aromatic rings. The maximum Gasteiger partial charge on any atom is 0.471 e. The first-order valence-electron chi connectivity index (χ1n) is 6.00. The Hall–Kier alpha value is -2.22. The van der Waals surface area contributed by atoms with Gasteiger partial charge in [0.25, 0.3) is 0 Å². The minimum Gasteiger partial charge on any atom is -0.318 e. The van der Waals surface area contributed by atoms with Crippen molar-refractivity contribution in [1.29, 1.82) is 0 Å². The van der Waals surface area contributed by atoms with Crippen molar-refractivity contribution in [2.75, 3.05) is 5.32 Å². The van der Waals surface area contributed by atoms with Crippen LogP contribution in [0.4, 0.5) is 30.2 Å². The Balaban J connectivity index is 2.03. The largest absolute Gasteiger partial charge is 0.471 e. The van der Waals surface area contributed by atoms with E-state index in [1.54, 1.807) is 17.4 Å². The van der Waals surface area contributed by atoms with Crippen molar-refractivity contribution in [3.05, 3.63) is 53.0 Å². The van der Waals surface area contributed by atoms with E-state index in [1.165, 1.54) is 24.3 Å². The SMILES string of the molecule is O=C(Nc1ccc(N=Nc2ccc(Br)cc2)cc1)C(F)(F)F. The molecule has 0 atom stereocenters. The number of halogens is 4. The summed E-state index contributed by atoms with van der Waals surface area (Å²) in [6.07, 6.45) is -4.92. The van der Waals surface area contributed by atoms with Gasteiger partial charge in [0, 0.05) is 10.2 Å². The quantitative estimate of drug-likeness (QED) is 0.724. The van der Waals surface area contributed by atoms with Crippen LogP contribution in [0.2, 0.25) is 0 Å². The third-order valence-electron chi connectivity index (χ3n) is 2.49. The molecule has 0 spiro atoms. The van der Waals surface area contributed by atoms with Crippen LogP contribution in [0.25, 0.3) is 0 Å². The van der Waals surface area contributed by atoms with Gasteiger partial charge in [-0.25, -0.2) is 0 Å². The minimum absolute atomic E-state index is 0.0323. The highest BCUT2D eigenvalue weighted by molar-refractivity contribution is 9.10. The predicted molar refractivity (Wildman–Crippen MR) is 79.4 cm³/mol. The number of rotatable bonds is 3. The molecule has 0 fully saturated rings. The van der Waals surface area contributed by atoms with E-state index in [4.69, 9.17) is 0 Å². The second-order valence-corrected chi connectivity index (χ2v) is 5.09. The molecule has 8 heteroatoms. The van der Waals surface area contributed by atoms with E-state index in [9.17, 15) is 18.0 Å². The van der Waals surface area contributed by atoms with Gasteiger partial charge in [0.1, 0.15) is 0 Å². The molecule has 1 N–H and O–H groups in total. The lowest BCUT2D eigenvalue weighted by Gasteiger charge is -2.07. The molecule has 22 heavy (non-hydrogen) atoms. The molecule has 0 aliphatic heterocycles. The van der Waals surface area contributed by atoms with Gasteiger partial charge in [-0.3, -0.25) is 4.79 Å². The summed E-state index contributed by atoms with van der Waals surface area (Å²) < 4.78 is 37.2. The number of carbonyl (C=O) groups excluding carboxylic acids is 1. The number of azo groups is 1. The van der Waals surface area contributed by atoms with Gasteiger partial charge in [-0.2, -0.15) is 23.4 Å². The van der Waals surface area contributed by atoms with Crippen LogP contribution < -0.4 is 5.32 Å². The number of alkyl halides is 3. The molecule has 0 aliphatic carbocycles. The molecule has 0 heterocycles. The number of amides is 1. The van der Waals surface area contributed by atoms with Gasteiger partial charge in [0.05, 0.1) is 11.4 Å². The monoisotopic (exact) mass is 371 g/mol. The van der Waals surface area contributed by atoms with Crippen LogP contribution in [0.1, 0.15) is 0 Å². The van der Waals surface area contributed by atoms with Crippen LogP contribution in [0.5, 0.6) is 0 Å². The zero-order valence-corrected chi connectivity index (χ0v) is 12.5. The first-order valence-corrected chi connectivity index (χ1v) is 6.79. The number of hydrogen-bond donors (Lipinski definition) is 1. The van der Waals surface area contributed by atoms with Crippen LogP contribution in [0.3, 0.4) is 0 Å². The summed E-state index contributed by atoms with van der Waals surface area (Å²) in [5.74, 6) is -2.02. The number of hydrogen-bond acceptors (Lipinski definition) is 3. The number of nitrogens with one attached hydrogen (secondary N) is 1. The lowest BCUT2D eigenvalue weighted by atomic mass is 10.3. The van der Waals surface area contributed by atoms with Crippen LogP contribution in [0, 0.1) is 0 Å². The third kappa shape index (κ3) is 4.66. The van der Waals surface area contributed by atoms with Gasteiger partial charge in [0.15, 0.2) is 0 Å². The highest BCUT2D eigenvalue weighted by Crippen LogP contribution is 2.23. The summed E-state index contributed by atoms with van der Waals surface area (Å²) in [6.45, 7) is 0. The number of carbonyl (C=O) groups is 1. The van der Waals surface area contributed by atoms with Crippen molar-refractivity contribution in [2.45, 2.75) is 6.18 Å². The highest BCUT2D eigenvalue weighted by Gasteiger charge is 2.38. The third-order valence-corrected chi connectivity index (χ3v) is 3.02. The average Bonchev–Trinajstić information content (AvgIpc) is 2.47. The van der Waals surface area contributed by atoms with Crippen molar-refractivity contribution in [3.63, 3.8) is 0 Å². The fourth-order valence-corrected chi connectivity index (χ4v) is 1.70. The molecule has 0 radical (unpaired) electrons. The Kier molecular flexibility index (Phi) is 4.92. The first kappa shape index (κ1) is 16.2. The van der Waals surface area contributed by atoms with E-state index in [2.05, 4.69) is 26.2 Å². The summed E-state index contributed by atoms with van der Waals surface area (Å²) in [6, 6.07) is 12.7. The van der Waals surface area contributed by atoms with Gasteiger partial charge in [0.2, 0.25) is 0 Å². The number of anilines is 1. The maximum atomic E-state index is 12.1. The van der Waals surface area contributed by atoms with Crippen molar-refractivity contribution in [3.8, 4) is 0 Å². The summed E-state index contributed by atoms with van der Waals surface area (Å²) in [4.78, 5) is 10.8. The van der Waals surface area contributed by atoms with Gasteiger partial charge < -0.3 is 5.32 Å². The first-order chi connectivity index (χ1) is 10.3. The molecule has 0 bridgehead atoms. The van der Waals surface area contributed by atoms with Crippen LogP contribution in [0.15, 0.2) is 63.2 Å². The van der Waals surface area contributed by atoms with Gasteiger partial charge in [-0.15, -0.1) is 0 Å².